The minimum absolute atomic E-state index is 0.0100. The number of hydrogen-bond acceptors (Lipinski definition) is 6. The van der Waals surface area contributed by atoms with Gasteiger partial charge < -0.3 is 10.1 Å². The Kier molecular flexibility index (Phi) is 4.13. The Labute approximate surface area is 111 Å². The van der Waals surface area contributed by atoms with Crippen LogP contribution in [0.5, 0.6) is 5.88 Å². The molecular weight excluding hydrogens is 248 g/mol. The van der Waals surface area contributed by atoms with Crippen molar-refractivity contribution < 1.29 is 9.66 Å². The summed E-state index contributed by atoms with van der Waals surface area (Å²) in [6, 6.07) is 0.242. The second kappa shape index (κ2) is 5.81. The number of rotatable bonds is 4. The number of nitrogens with one attached hydrogen (secondary N) is 1. The van der Waals surface area contributed by atoms with Crippen LogP contribution in [-0.4, -0.2) is 28.0 Å². The molecule has 0 amide bonds. The highest BCUT2D eigenvalue weighted by atomic mass is 16.6. The van der Waals surface area contributed by atoms with Gasteiger partial charge in [0.1, 0.15) is 5.82 Å². The third kappa shape index (κ3) is 3.10. The molecule has 0 atom stereocenters. The number of anilines is 1. The highest BCUT2D eigenvalue weighted by Crippen LogP contribution is 2.33. The molecule has 0 radical (unpaired) electrons. The van der Waals surface area contributed by atoms with Gasteiger partial charge in [-0.25, -0.2) is 4.98 Å². The quantitative estimate of drug-likeness (QED) is 0.665. The highest BCUT2D eigenvalue weighted by molar-refractivity contribution is 5.62. The molecule has 1 heterocycles. The van der Waals surface area contributed by atoms with E-state index in [1.165, 1.54) is 13.5 Å². The molecule has 0 aromatic carbocycles. The van der Waals surface area contributed by atoms with E-state index in [2.05, 4.69) is 15.3 Å². The summed E-state index contributed by atoms with van der Waals surface area (Å²) in [5.74, 6) is 0.734. The fourth-order valence-electron chi connectivity index (χ4n) is 2.39. The minimum atomic E-state index is -0.497. The predicted octanol–water partition coefficient (Wildman–Crippen LogP) is 2.45. The molecule has 7 heteroatoms. The van der Waals surface area contributed by atoms with Crippen LogP contribution in [0.15, 0.2) is 0 Å². The average Bonchev–Trinajstić information content (AvgIpc) is 2.38. The number of ether oxygens (including phenoxy) is 1. The molecule has 0 unspecified atom stereocenters. The average molecular weight is 266 g/mol. The van der Waals surface area contributed by atoms with Gasteiger partial charge >= 0.3 is 5.69 Å². The van der Waals surface area contributed by atoms with E-state index in [1.807, 2.05) is 0 Å². The lowest BCUT2D eigenvalue weighted by molar-refractivity contribution is -0.385. The van der Waals surface area contributed by atoms with Gasteiger partial charge in [0.05, 0.1) is 12.0 Å². The summed E-state index contributed by atoms with van der Waals surface area (Å²) in [7, 11) is 1.37. The first kappa shape index (κ1) is 13.5. The normalized spacial score (nSPS) is 16.1. The summed E-state index contributed by atoms with van der Waals surface area (Å²) in [6.07, 6.45) is 5.55. The van der Waals surface area contributed by atoms with Gasteiger partial charge in [0.15, 0.2) is 0 Å². The number of hydrogen-bond donors (Lipinski definition) is 1. The number of aryl methyl sites for hydroxylation is 1. The second-order valence-electron chi connectivity index (χ2n) is 4.71. The van der Waals surface area contributed by atoms with Crippen LogP contribution in [0.25, 0.3) is 0 Å². The van der Waals surface area contributed by atoms with E-state index in [1.54, 1.807) is 6.92 Å². The van der Waals surface area contributed by atoms with Gasteiger partial charge in [-0.2, -0.15) is 4.98 Å². The SMILES string of the molecule is COc1nc(C)nc(NC2CCCCC2)c1[N+](=O)[O-]. The second-order valence-corrected chi connectivity index (χ2v) is 4.71. The van der Waals surface area contributed by atoms with Crippen molar-refractivity contribution in [1.82, 2.24) is 9.97 Å². The molecule has 1 aromatic rings. The van der Waals surface area contributed by atoms with Gasteiger partial charge in [0.25, 0.3) is 5.88 Å². The Balaban J connectivity index is 2.31. The zero-order chi connectivity index (χ0) is 13.8. The van der Waals surface area contributed by atoms with Crippen molar-refractivity contribution in [3.63, 3.8) is 0 Å². The highest BCUT2D eigenvalue weighted by Gasteiger charge is 2.27. The van der Waals surface area contributed by atoms with Gasteiger partial charge in [0.2, 0.25) is 5.82 Å². The Morgan fingerprint density at radius 3 is 2.58 bits per heavy atom. The molecule has 7 nitrogen and oxygen atoms in total. The third-order valence-electron chi connectivity index (χ3n) is 3.29. The van der Waals surface area contributed by atoms with Crippen molar-refractivity contribution in [3.8, 4) is 5.88 Å². The van der Waals surface area contributed by atoms with E-state index in [0.29, 0.717) is 5.82 Å². The van der Waals surface area contributed by atoms with Crippen molar-refractivity contribution in [3.05, 3.63) is 15.9 Å². The van der Waals surface area contributed by atoms with E-state index in [9.17, 15) is 10.1 Å². The zero-order valence-corrected chi connectivity index (χ0v) is 11.2. The molecule has 19 heavy (non-hydrogen) atoms. The van der Waals surface area contributed by atoms with E-state index in [4.69, 9.17) is 4.74 Å². The third-order valence-corrected chi connectivity index (χ3v) is 3.29. The topological polar surface area (TPSA) is 90.2 Å². The van der Waals surface area contributed by atoms with E-state index in [0.717, 1.165) is 25.7 Å². The lowest BCUT2D eigenvalue weighted by Gasteiger charge is -2.23. The van der Waals surface area contributed by atoms with Gasteiger partial charge in [0, 0.05) is 6.04 Å². The molecule has 0 spiro atoms. The molecule has 0 aliphatic heterocycles. The maximum atomic E-state index is 11.2. The van der Waals surface area contributed by atoms with Crippen LogP contribution in [0.1, 0.15) is 37.9 Å². The molecule has 1 aromatic heterocycles. The van der Waals surface area contributed by atoms with E-state index < -0.39 is 4.92 Å². The van der Waals surface area contributed by atoms with Crippen molar-refractivity contribution in [1.29, 1.82) is 0 Å². The Morgan fingerprint density at radius 1 is 1.32 bits per heavy atom. The summed E-state index contributed by atoms with van der Waals surface area (Å²) >= 11 is 0. The molecule has 1 N–H and O–H groups in total. The van der Waals surface area contributed by atoms with Crippen LogP contribution in [-0.2, 0) is 0 Å². The maximum absolute atomic E-state index is 11.2. The first-order valence-corrected chi connectivity index (χ1v) is 6.45. The number of nitrogens with zero attached hydrogens (tertiary/aromatic N) is 3. The Hall–Kier alpha value is -1.92. The van der Waals surface area contributed by atoms with Crippen LogP contribution in [0.2, 0.25) is 0 Å². The molecule has 0 saturated heterocycles. The standard InChI is InChI=1S/C12H18N4O3/c1-8-13-11(15-9-6-4-3-5-7-9)10(16(17)18)12(14-8)19-2/h9H,3-7H2,1-2H3,(H,13,14,15). The smallest absolute Gasteiger partial charge is 0.372 e. The van der Waals surface area contributed by atoms with Gasteiger partial charge in [-0.1, -0.05) is 19.3 Å². The predicted molar refractivity (Wildman–Crippen MR) is 70.5 cm³/mol. The van der Waals surface area contributed by atoms with Gasteiger partial charge in [-0.3, -0.25) is 10.1 Å². The summed E-state index contributed by atoms with van der Waals surface area (Å²) in [4.78, 5) is 18.8. The van der Waals surface area contributed by atoms with Crippen LogP contribution in [0, 0.1) is 17.0 Å². The number of nitro groups is 1. The van der Waals surface area contributed by atoms with E-state index in [-0.39, 0.29) is 23.4 Å². The van der Waals surface area contributed by atoms with Gasteiger partial charge in [-0.15, -0.1) is 0 Å². The van der Waals surface area contributed by atoms with Crippen LogP contribution in [0.3, 0.4) is 0 Å². The summed E-state index contributed by atoms with van der Waals surface area (Å²) in [6.45, 7) is 1.69. The largest absolute Gasteiger partial charge is 0.476 e. The molecule has 1 aliphatic rings. The fraction of sp³-hybridized carbons (Fsp3) is 0.667. The number of methoxy groups -OCH3 is 1. The summed E-state index contributed by atoms with van der Waals surface area (Å²) < 4.78 is 4.98. The van der Waals surface area contributed by atoms with Crippen molar-refractivity contribution in [2.24, 2.45) is 0 Å². The first-order valence-electron chi connectivity index (χ1n) is 6.45. The van der Waals surface area contributed by atoms with Crippen LogP contribution < -0.4 is 10.1 Å². The van der Waals surface area contributed by atoms with Crippen molar-refractivity contribution in [2.45, 2.75) is 45.1 Å². The molecule has 2 rings (SSSR count). The molecular formula is C12H18N4O3. The maximum Gasteiger partial charge on any atom is 0.372 e. The Bertz CT molecular complexity index is 472. The summed E-state index contributed by atoms with van der Waals surface area (Å²) in [5.41, 5.74) is -0.182. The van der Waals surface area contributed by atoms with Crippen LogP contribution in [0.4, 0.5) is 11.5 Å². The zero-order valence-electron chi connectivity index (χ0n) is 11.2. The first-order chi connectivity index (χ1) is 9.11. The fourth-order valence-corrected chi connectivity index (χ4v) is 2.39. The van der Waals surface area contributed by atoms with Crippen molar-refractivity contribution in [2.75, 3.05) is 12.4 Å². The summed E-state index contributed by atoms with van der Waals surface area (Å²) in [5, 5.41) is 14.3. The van der Waals surface area contributed by atoms with Crippen LogP contribution >= 0.6 is 0 Å². The lowest BCUT2D eigenvalue weighted by Crippen LogP contribution is -2.24. The van der Waals surface area contributed by atoms with Crippen molar-refractivity contribution >= 4 is 11.5 Å². The lowest BCUT2D eigenvalue weighted by atomic mass is 9.95. The molecule has 104 valence electrons. The molecule has 1 aliphatic carbocycles. The van der Waals surface area contributed by atoms with E-state index >= 15 is 0 Å². The minimum Gasteiger partial charge on any atom is -0.476 e. The van der Waals surface area contributed by atoms with Gasteiger partial charge in [-0.05, 0) is 19.8 Å². The monoisotopic (exact) mass is 266 g/mol. The number of aromatic nitrogens is 2. The molecule has 1 fully saturated rings. The molecule has 1 saturated carbocycles. The Morgan fingerprint density at radius 2 is 2.00 bits per heavy atom. The molecule has 0 bridgehead atoms.